The lowest BCUT2D eigenvalue weighted by atomic mass is 10.0. The summed E-state index contributed by atoms with van der Waals surface area (Å²) in [5.74, 6) is -0.233. The van der Waals surface area contributed by atoms with Gasteiger partial charge in [-0.05, 0) is 38.3 Å². The van der Waals surface area contributed by atoms with E-state index in [4.69, 9.17) is 9.47 Å². The summed E-state index contributed by atoms with van der Waals surface area (Å²) < 4.78 is 26.2. The summed E-state index contributed by atoms with van der Waals surface area (Å²) in [5.41, 5.74) is 0. The second kappa shape index (κ2) is 11.7. The third-order valence-electron chi connectivity index (χ3n) is 5.01. The van der Waals surface area contributed by atoms with Crippen LogP contribution in [0.3, 0.4) is 0 Å². The molecule has 0 spiro atoms. The molecule has 1 atom stereocenters. The lowest BCUT2D eigenvalue weighted by Crippen LogP contribution is -2.49. The topological polar surface area (TPSA) is 86.5 Å². The Bertz CT molecular complexity index is 952. The molecule has 1 aromatic carbocycles. The number of thioether (sulfide) groups is 1. The smallest absolute Gasteiger partial charge is 0.328 e. The molecule has 0 radical (unpaired) electrons. The normalized spacial score (nSPS) is 15.9. The van der Waals surface area contributed by atoms with Gasteiger partial charge in [0.05, 0.1) is 12.4 Å². The number of aromatic nitrogens is 3. The maximum atomic E-state index is 13.8. The Kier molecular flexibility index (Phi) is 8.66. The number of allylic oxidation sites excluding steroid dienone is 1. The number of halogens is 1. The first-order chi connectivity index (χ1) is 15.5. The fourth-order valence-corrected chi connectivity index (χ4v) is 4.32. The average molecular weight is 463 g/mol. The molecule has 0 bridgehead atoms. The Morgan fingerprint density at radius 3 is 2.88 bits per heavy atom. The van der Waals surface area contributed by atoms with E-state index in [2.05, 4.69) is 16.8 Å². The molecule has 10 heteroatoms. The van der Waals surface area contributed by atoms with Crippen molar-refractivity contribution in [3.63, 3.8) is 0 Å². The zero-order valence-electron chi connectivity index (χ0n) is 18.0. The van der Waals surface area contributed by atoms with Crippen molar-refractivity contribution in [3.8, 4) is 5.75 Å². The van der Waals surface area contributed by atoms with Crippen LogP contribution in [-0.2, 0) is 27.5 Å². The van der Waals surface area contributed by atoms with E-state index in [0.717, 1.165) is 12.8 Å². The Hall–Kier alpha value is -2.88. The molecule has 0 saturated carbocycles. The molecule has 8 nitrogen and oxygen atoms in total. The number of hydrogen-bond donors (Lipinski definition) is 0. The van der Waals surface area contributed by atoms with Crippen molar-refractivity contribution in [2.24, 2.45) is 0 Å². The Morgan fingerprint density at radius 1 is 1.31 bits per heavy atom. The molecule has 32 heavy (non-hydrogen) atoms. The Morgan fingerprint density at radius 2 is 2.12 bits per heavy atom. The van der Waals surface area contributed by atoms with Crippen molar-refractivity contribution >= 4 is 23.6 Å². The Labute approximate surface area is 190 Å². The number of para-hydroxylation sites is 1. The average Bonchev–Trinajstić information content (AvgIpc) is 3.19. The highest BCUT2D eigenvalue weighted by atomic mass is 32.2. The van der Waals surface area contributed by atoms with Gasteiger partial charge >= 0.3 is 5.97 Å². The number of amides is 1. The first-order valence-electron chi connectivity index (χ1n) is 10.5. The molecule has 172 valence electrons. The van der Waals surface area contributed by atoms with Crippen LogP contribution in [0.15, 0.2) is 42.1 Å². The summed E-state index contributed by atoms with van der Waals surface area (Å²) in [7, 11) is 0. The second-order valence-corrected chi connectivity index (χ2v) is 8.10. The number of ether oxygens (including phenoxy) is 2. The van der Waals surface area contributed by atoms with Crippen LogP contribution >= 0.6 is 11.8 Å². The zero-order chi connectivity index (χ0) is 22.9. The number of benzene rings is 1. The highest BCUT2D eigenvalue weighted by Crippen LogP contribution is 2.23. The number of esters is 1. The van der Waals surface area contributed by atoms with Gasteiger partial charge in [-0.25, -0.2) is 9.18 Å². The van der Waals surface area contributed by atoms with E-state index in [0.29, 0.717) is 30.5 Å². The van der Waals surface area contributed by atoms with E-state index >= 15 is 0 Å². The van der Waals surface area contributed by atoms with Crippen molar-refractivity contribution < 1.29 is 23.5 Å². The fraction of sp³-hybridized carbons (Fsp3) is 0.455. The predicted molar refractivity (Wildman–Crippen MR) is 118 cm³/mol. The molecular weight excluding hydrogens is 435 g/mol. The summed E-state index contributed by atoms with van der Waals surface area (Å²) in [4.78, 5) is 26.7. The molecule has 1 aliphatic rings. The predicted octanol–water partition coefficient (Wildman–Crippen LogP) is 3.22. The van der Waals surface area contributed by atoms with Crippen LogP contribution in [-0.4, -0.2) is 56.5 Å². The Balaban J connectivity index is 1.65. The SMILES string of the molecule is C=CCn1c(COc2ccccc2F)nnc1SCC(=O)N1CCCCC1C(=O)OCC. The van der Waals surface area contributed by atoms with Crippen molar-refractivity contribution in [1.82, 2.24) is 19.7 Å². The number of carbonyl (C=O) groups is 2. The quantitative estimate of drug-likeness (QED) is 0.304. The highest BCUT2D eigenvalue weighted by molar-refractivity contribution is 7.99. The molecule has 0 aliphatic carbocycles. The number of rotatable bonds is 10. The molecule has 1 amide bonds. The van der Waals surface area contributed by atoms with E-state index in [1.54, 1.807) is 34.6 Å². The summed E-state index contributed by atoms with van der Waals surface area (Å²) in [6.45, 7) is 6.76. The minimum atomic E-state index is -0.535. The van der Waals surface area contributed by atoms with Gasteiger partial charge in [-0.2, -0.15) is 0 Å². The third kappa shape index (κ3) is 5.87. The van der Waals surface area contributed by atoms with E-state index in [9.17, 15) is 14.0 Å². The molecule has 2 aromatic rings. The van der Waals surface area contributed by atoms with Crippen molar-refractivity contribution in [2.45, 2.75) is 50.5 Å². The van der Waals surface area contributed by atoms with Crippen molar-refractivity contribution in [3.05, 3.63) is 48.6 Å². The standard InChI is InChI=1S/C22H27FN4O4S/c1-3-12-27-19(14-31-18-11-6-5-9-16(18)23)24-25-22(27)32-15-20(28)26-13-8-7-10-17(26)21(29)30-4-2/h3,5-6,9,11,17H,1,4,7-8,10,12-15H2,2H3. The van der Waals surface area contributed by atoms with Crippen LogP contribution in [0.4, 0.5) is 4.39 Å². The molecule has 3 rings (SSSR count). The van der Waals surface area contributed by atoms with Gasteiger partial charge in [-0.1, -0.05) is 30.0 Å². The number of hydrogen-bond acceptors (Lipinski definition) is 7. The largest absolute Gasteiger partial charge is 0.483 e. The maximum absolute atomic E-state index is 13.8. The van der Waals surface area contributed by atoms with Gasteiger partial charge in [-0.3, -0.25) is 9.36 Å². The minimum absolute atomic E-state index is 0.0212. The monoisotopic (exact) mass is 462 g/mol. The van der Waals surface area contributed by atoms with E-state index in [1.165, 1.54) is 23.9 Å². The van der Waals surface area contributed by atoms with Crippen LogP contribution in [0, 0.1) is 5.82 Å². The first-order valence-corrected chi connectivity index (χ1v) is 11.5. The van der Waals surface area contributed by atoms with Gasteiger partial charge in [0.2, 0.25) is 5.91 Å². The summed E-state index contributed by atoms with van der Waals surface area (Å²) in [6, 6.07) is 5.59. The second-order valence-electron chi connectivity index (χ2n) is 7.16. The van der Waals surface area contributed by atoms with Crippen molar-refractivity contribution in [2.75, 3.05) is 18.9 Å². The first kappa shape index (κ1) is 23.8. The van der Waals surface area contributed by atoms with Crippen molar-refractivity contribution in [1.29, 1.82) is 0 Å². The molecule has 1 fully saturated rings. The number of piperidine rings is 1. The summed E-state index contributed by atoms with van der Waals surface area (Å²) in [6.07, 6.45) is 4.04. The molecular formula is C22H27FN4O4S. The van der Waals surface area contributed by atoms with E-state index in [1.807, 2.05) is 0 Å². The zero-order valence-corrected chi connectivity index (χ0v) is 18.9. The van der Waals surface area contributed by atoms with E-state index in [-0.39, 0.29) is 36.6 Å². The van der Waals surface area contributed by atoms with Crippen LogP contribution in [0.5, 0.6) is 5.75 Å². The van der Waals surface area contributed by atoms with Gasteiger partial charge < -0.3 is 14.4 Å². The third-order valence-corrected chi connectivity index (χ3v) is 5.96. The van der Waals surface area contributed by atoms with Crippen LogP contribution in [0.2, 0.25) is 0 Å². The number of carbonyl (C=O) groups excluding carboxylic acids is 2. The van der Waals surface area contributed by atoms with Crippen LogP contribution in [0.1, 0.15) is 32.0 Å². The minimum Gasteiger partial charge on any atom is -0.483 e. The molecule has 1 aromatic heterocycles. The van der Waals surface area contributed by atoms with E-state index < -0.39 is 11.9 Å². The lowest BCUT2D eigenvalue weighted by Gasteiger charge is -2.33. The van der Waals surface area contributed by atoms with Gasteiger partial charge in [0.1, 0.15) is 12.6 Å². The molecule has 1 unspecified atom stereocenters. The van der Waals surface area contributed by atoms with Gasteiger partial charge in [0.15, 0.2) is 22.5 Å². The van der Waals surface area contributed by atoms with Gasteiger partial charge in [-0.15, -0.1) is 16.8 Å². The summed E-state index contributed by atoms with van der Waals surface area (Å²) in [5, 5.41) is 8.82. The number of likely N-dealkylation sites (tertiary alicyclic amines) is 1. The fourth-order valence-electron chi connectivity index (χ4n) is 3.47. The maximum Gasteiger partial charge on any atom is 0.328 e. The summed E-state index contributed by atoms with van der Waals surface area (Å²) >= 11 is 1.23. The molecule has 1 saturated heterocycles. The highest BCUT2D eigenvalue weighted by Gasteiger charge is 2.33. The van der Waals surface area contributed by atoms with Crippen LogP contribution in [0.25, 0.3) is 0 Å². The van der Waals surface area contributed by atoms with Crippen LogP contribution < -0.4 is 4.74 Å². The molecule has 1 aliphatic heterocycles. The number of nitrogens with zero attached hydrogens (tertiary/aromatic N) is 4. The van der Waals surface area contributed by atoms with Gasteiger partial charge in [0.25, 0.3) is 0 Å². The lowest BCUT2D eigenvalue weighted by molar-refractivity contribution is -0.155. The van der Waals surface area contributed by atoms with Gasteiger partial charge in [0, 0.05) is 13.1 Å². The molecule has 0 N–H and O–H groups in total. The molecule has 2 heterocycles.